The van der Waals surface area contributed by atoms with Crippen LogP contribution in [-0.4, -0.2) is 9.97 Å². The van der Waals surface area contributed by atoms with Crippen LogP contribution in [0.5, 0.6) is 0 Å². The highest BCUT2D eigenvalue weighted by Crippen LogP contribution is 2.25. The van der Waals surface area contributed by atoms with E-state index in [9.17, 15) is 0 Å². The minimum atomic E-state index is 0.904. The molecule has 0 amide bonds. The summed E-state index contributed by atoms with van der Waals surface area (Å²) < 4.78 is 0. The topological polar surface area (TPSA) is 25.8 Å². The standard InChI is InChI=1S/C22H18N2/c1-15-3-6-17(7-4-15)18-8-10-19(11-9-18)22-14-23-21-13-16(2)5-12-20(21)24-22/h3-14H,1-2H3. The lowest BCUT2D eigenvalue weighted by Crippen LogP contribution is -1.89. The summed E-state index contributed by atoms with van der Waals surface area (Å²) in [4.78, 5) is 9.28. The molecule has 4 rings (SSSR count). The molecule has 24 heavy (non-hydrogen) atoms. The summed E-state index contributed by atoms with van der Waals surface area (Å²) in [5.41, 5.74) is 8.78. The van der Waals surface area contributed by atoms with Crippen molar-refractivity contribution in [2.75, 3.05) is 0 Å². The van der Waals surface area contributed by atoms with E-state index >= 15 is 0 Å². The van der Waals surface area contributed by atoms with Gasteiger partial charge in [-0.15, -0.1) is 0 Å². The van der Waals surface area contributed by atoms with Crippen molar-refractivity contribution in [2.45, 2.75) is 13.8 Å². The second-order valence-electron chi connectivity index (χ2n) is 6.19. The monoisotopic (exact) mass is 310 g/mol. The Labute approximate surface area is 141 Å². The van der Waals surface area contributed by atoms with E-state index in [0.29, 0.717) is 0 Å². The molecule has 0 atom stereocenters. The third-order valence-corrected chi connectivity index (χ3v) is 4.26. The zero-order valence-corrected chi connectivity index (χ0v) is 13.8. The molecule has 0 unspecified atom stereocenters. The summed E-state index contributed by atoms with van der Waals surface area (Å²) in [5, 5.41) is 0. The van der Waals surface area contributed by atoms with Gasteiger partial charge < -0.3 is 0 Å². The van der Waals surface area contributed by atoms with Crippen LogP contribution in [0.4, 0.5) is 0 Å². The average molecular weight is 310 g/mol. The third kappa shape index (κ3) is 2.79. The molecule has 2 heteroatoms. The van der Waals surface area contributed by atoms with Gasteiger partial charge in [0.2, 0.25) is 0 Å². The van der Waals surface area contributed by atoms with Crippen LogP contribution in [0.1, 0.15) is 11.1 Å². The molecule has 0 bridgehead atoms. The fraction of sp³-hybridized carbons (Fsp3) is 0.0909. The molecule has 1 aromatic heterocycles. The van der Waals surface area contributed by atoms with Crippen LogP contribution in [0.15, 0.2) is 72.9 Å². The molecule has 0 spiro atoms. The number of fused-ring (bicyclic) bond motifs is 1. The predicted molar refractivity (Wildman–Crippen MR) is 99.9 cm³/mol. The highest BCUT2D eigenvalue weighted by atomic mass is 14.8. The molecule has 0 saturated heterocycles. The number of aromatic nitrogens is 2. The Bertz CT molecular complexity index is 1000. The highest BCUT2D eigenvalue weighted by Gasteiger charge is 2.04. The number of rotatable bonds is 2. The van der Waals surface area contributed by atoms with E-state index in [1.807, 2.05) is 12.3 Å². The Morgan fingerprint density at radius 3 is 1.88 bits per heavy atom. The Morgan fingerprint density at radius 1 is 0.583 bits per heavy atom. The van der Waals surface area contributed by atoms with Crippen LogP contribution >= 0.6 is 0 Å². The van der Waals surface area contributed by atoms with Crippen molar-refractivity contribution in [3.63, 3.8) is 0 Å². The van der Waals surface area contributed by atoms with E-state index in [1.54, 1.807) is 0 Å². The summed E-state index contributed by atoms with van der Waals surface area (Å²) in [6.07, 6.45) is 1.85. The van der Waals surface area contributed by atoms with Crippen molar-refractivity contribution >= 4 is 11.0 Å². The molecular formula is C22H18N2. The second-order valence-corrected chi connectivity index (χ2v) is 6.19. The zero-order valence-electron chi connectivity index (χ0n) is 13.8. The number of hydrogen-bond acceptors (Lipinski definition) is 2. The van der Waals surface area contributed by atoms with Crippen molar-refractivity contribution in [3.8, 4) is 22.4 Å². The van der Waals surface area contributed by atoms with E-state index in [0.717, 1.165) is 22.3 Å². The maximum absolute atomic E-state index is 4.74. The predicted octanol–water partition coefficient (Wildman–Crippen LogP) is 5.58. The Kier molecular flexibility index (Phi) is 3.58. The molecule has 0 aliphatic rings. The zero-order chi connectivity index (χ0) is 16.5. The maximum atomic E-state index is 4.74. The summed E-state index contributed by atoms with van der Waals surface area (Å²) in [7, 11) is 0. The smallest absolute Gasteiger partial charge is 0.0894 e. The molecule has 0 aliphatic carbocycles. The Balaban J connectivity index is 1.69. The fourth-order valence-corrected chi connectivity index (χ4v) is 2.84. The summed E-state index contributed by atoms with van der Waals surface area (Å²) >= 11 is 0. The largest absolute Gasteiger partial charge is 0.252 e. The first-order valence-corrected chi connectivity index (χ1v) is 8.10. The minimum Gasteiger partial charge on any atom is -0.252 e. The number of benzene rings is 3. The van der Waals surface area contributed by atoms with Crippen molar-refractivity contribution in [3.05, 3.63) is 84.1 Å². The van der Waals surface area contributed by atoms with Gasteiger partial charge in [-0.3, -0.25) is 4.98 Å². The normalized spacial score (nSPS) is 10.9. The molecular weight excluding hydrogens is 292 g/mol. The van der Waals surface area contributed by atoms with E-state index in [1.165, 1.54) is 22.3 Å². The Morgan fingerprint density at radius 2 is 1.17 bits per heavy atom. The van der Waals surface area contributed by atoms with E-state index in [4.69, 9.17) is 4.98 Å². The van der Waals surface area contributed by atoms with Crippen LogP contribution in [0.2, 0.25) is 0 Å². The number of aryl methyl sites for hydroxylation is 2. The molecule has 116 valence electrons. The van der Waals surface area contributed by atoms with Crippen LogP contribution < -0.4 is 0 Å². The third-order valence-electron chi connectivity index (χ3n) is 4.26. The van der Waals surface area contributed by atoms with Crippen molar-refractivity contribution in [1.82, 2.24) is 9.97 Å². The first kappa shape index (κ1) is 14.6. The van der Waals surface area contributed by atoms with Gasteiger partial charge in [0.25, 0.3) is 0 Å². The van der Waals surface area contributed by atoms with Crippen LogP contribution in [-0.2, 0) is 0 Å². The first-order valence-electron chi connectivity index (χ1n) is 8.10. The van der Waals surface area contributed by atoms with E-state index in [2.05, 4.69) is 79.5 Å². The summed E-state index contributed by atoms with van der Waals surface area (Å²) in [6, 6.07) is 23.3. The van der Waals surface area contributed by atoms with E-state index < -0.39 is 0 Å². The van der Waals surface area contributed by atoms with Crippen LogP contribution in [0, 0.1) is 13.8 Å². The Hall–Kier alpha value is -3.00. The molecule has 2 nitrogen and oxygen atoms in total. The van der Waals surface area contributed by atoms with Gasteiger partial charge >= 0.3 is 0 Å². The number of nitrogens with zero attached hydrogens (tertiary/aromatic N) is 2. The average Bonchev–Trinajstić information content (AvgIpc) is 2.62. The summed E-state index contributed by atoms with van der Waals surface area (Å²) in [6.45, 7) is 4.17. The first-order chi connectivity index (χ1) is 11.7. The quantitative estimate of drug-likeness (QED) is 0.483. The molecule has 0 radical (unpaired) electrons. The highest BCUT2D eigenvalue weighted by molar-refractivity contribution is 5.78. The molecule has 0 aliphatic heterocycles. The van der Waals surface area contributed by atoms with E-state index in [-0.39, 0.29) is 0 Å². The number of hydrogen-bond donors (Lipinski definition) is 0. The molecule has 4 aromatic rings. The minimum absolute atomic E-state index is 0.904. The van der Waals surface area contributed by atoms with Gasteiger partial charge in [-0.25, -0.2) is 4.98 Å². The van der Waals surface area contributed by atoms with Gasteiger partial charge in [0.1, 0.15) is 0 Å². The molecule has 3 aromatic carbocycles. The van der Waals surface area contributed by atoms with Gasteiger partial charge in [0.15, 0.2) is 0 Å². The van der Waals surface area contributed by atoms with Crippen LogP contribution in [0.25, 0.3) is 33.4 Å². The lowest BCUT2D eigenvalue weighted by molar-refractivity contribution is 1.28. The van der Waals surface area contributed by atoms with Gasteiger partial charge in [-0.1, -0.05) is 60.2 Å². The maximum Gasteiger partial charge on any atom is 0.0894 e. The van der Waals surface area contributed by atoms with Gasteiger partial charge in [-0.05, 0) is 42.7 Å². The van der Waals surface area contributed by atoms with Crippen molar-refractivity contribution < 1.29 is 0 Å². The van der Waals surface area contributed by atoms with Crippen molar-refractivity contribution in [2.24, 2.45) is 0 Å². The molecule has 0 saturated carbocycles. The molecule has 0 N–H and O–H groups in total. The molecule has 1 heterocycles. The van der Waals surface area contributed by atoms with Gasteiger partial charge in [-0.2, -0.15) is 0 Å². The lowest BCUT2D eigenvalue weighted by atomic mass is 10.0. The van der Waals surface area contributed by atoms with Gasteiger partial charge in [0.05, 0.1) is 22.9 Å². The van der Waals surface area contributed by atoms with Gasteiger partial charge in [0, 0.05) is 5.56 Å². The summed E-state index contributed by atoms with van der Waals surface area (Å²) in [5.74, 6) is 0. The van der Waals surface area contributed by atoms with Crippen molar-refractivity contribution in [1.29, 1.82) is 0 Å². The fourth-order valence-electron chi connectivity index (χ4n) is 2.84. The van der Waals surface area contributed by atoms with Crippen LogP contribution in [0.3, 0.4) is 0 Å². The molecule has 0 fully saturated rings. The SMILES string of the molecule is Cc1ccc(-c2ccc(-c3cnc4cc(C)ccc4n3)cc2)cc1. The second kappa shape index (κ2) is 5.89. The lowest BCUT2D eigenvalue weighted by Gasteiger charge is -2.06.